The second-order valence-corrected chi connectivity index (χ2v) is 8.02. The van der Waals surface area contributed by atoms with Crippen molar-refractivity contribution in [3.63, 3.8) is 0 Å². The Morgan fingerprint density at radius 2 is 1.96 bits per heavy atom. The number of hydrogen-bond acceptors (Lipinski definition) is 6. The van der Waals surface area contributed by atoms with Crippen molar-refractivity contribution < 1.29 is 23.2 Å². The molecule has 0 unspecified atom stereocenters. The van der Waals surface area contributed by atoms with Gasteiger partial charge in [-0.05, 0) is 40.7 Å². The predicted molar refractivity (Wildman–Crippen MR) is 98.8 cm³/mol. The Balaban J connectivity index is 2.09. The Morgan fingerprint density at radius 3 is 2.52 bits per heavy atom. The number of anilines is 1. The first-order valence-electron chi connectivity index (χ1n) is 8.90. The van der Waals surface area contributed by atoms with Gasteiger partial charge in [0.15, 0.2) is 17.8 Å². The number of rotatable bonds is 3. The summed E-state index contributed by atoms with van der Waals surface area (Å²) in [6, 6.07) is 1.46. The Kier molecular flexibility index (Phi) is 4.94. The lowest BCUT2D eigenvalue weighted by Crippen LogP contribution is -2.46. The molecule has 0 saturated carbocycles. The Bertz CT molecular complexity index is 877. The van der Waals surface area contributed by atoms with Crippen LogP contribution in [-0.2, 0) is 4.74 Å². The van der Waals surface area contributed by atoms with Crippen LogP contribution in [0.3, 0.4) is 0 Å². The number of aldehydes is 1. The molecular formula is C19H24FN3O4. The van der Waals surface area contributed by atoms with Gasteiger partial charge >= 0.3 is 0 Å². The topological polar surface area (TPSA) is 84.7 Å². The van der Waals surface area contributed by atoms with Crippen molar-refractivity contribution in [3.8, 4) is 0 Å². The lowest BCUT2D eigenvalue weighted by molar-refractivity contribution is -0.00543. The molecule has 1 aliphatic rings. The van der Waals surface area contributed by atoms with E-state index in [1.54, 1.807) is 4.90 Å². The normalized spacial score (nSPS) is 20.7. The monoisotopic (exact) mass is 377 g/mol. The summed E-state index contributed by atoms with van der Waals surface area (Å²) < 4.78 is 26.1. The summed E-state index contributed by atoms with van der Waals surface area (Å²) in [7, 11) is 0. The van der Waals surface area contributed by atoms with E-state index in [0.717, 1.165) is 0 Å². The number of carbonyl (C=O) groups is 2. The van der Waals surface area contributed by atoms with Crippen LogP contribution in [0.2, 0.25) is 0 Å². The molecule has 2 aromatic rings. The summed E-state index contributed by atoms with van der Waals surface area (Å²) >= 11 is 0. The molecule has 3 rings (SSSR count). The predicted octanol–water partition coefficient (Wildman–Crippen LogP) is 2.92. The first kappa shape index (κ1) is 19.3. The van der Waals surface area contributed by atoms with Gasteiger partial charge in [-0.1, -0.05) is 5.16 Å². The minimum Gasteiger partial charge on any atom is -0.372 e. The fourth-order valence-corrected chi connectivity index (χ4v) is 3.38. The van der Waals surface area contributed by atoms with Crippen molar-refractivity contribution in [2.24, 2.45) is 0 Å². The lowest BCUT2D eigenvalue weighted by Gasteiger charge is -2.37. The van der Waals surface area contributed by atoms with Crippen LogP contribution in [0, 0.1) is 5.82 Å². The van der Waals surface area contributed by atoms with E-state index in [9.17, 15) is 9.59 Å². The van der Waals surface area contributed by atoms with Crippen molar-refractivity contribution >= 4 is 28.8 Å². The van der Waals surface area contributed by atoms with Gasteiger partial charge in [-0.25, -0.2) is 4.39 Å². The fourth-order valence-electron chi connectivity index (χ4n) is 3.38. The molecule has 8 heteroatoms. The molecule has 1 amide bonds. The fraction of sp³-hybridized carbons (Fsp3) is 0.526. The molecule has 2 atom stereocenters. The quantitative estimate of drug-likeness (QED) is 0.828. The van der Waals surface area contributed by atoms with E-state index in [-0.39, 0.29) is 40.1 Å². The highest BCUT2D eigenvalue weighted by Crippen LogP contribution is 2.34. The molecule has 0 aliphatic carbocycles. The maximum absolute atomic E-state index is 15.3. The average Bonchev–Trinajstić information content (AvgIpc) is 2.96. The van der Waals surface area contributed by atoms with E-state index in [2.05, 4.69) is 10.5 Å². The maximum atomic E-state index is 15.3. The molecule has 7 nitrogen and oxygen atoms in total. The van der Waals surface area contributed by atoms with E-state index in [1.165, 1.54) is 6.07 Å². The zero-order chi connectivity index (χ0) is 19.9. The van der Waals surface area contributed by atoms with Gasteiger partial charge in [-0.3, -0.25) is 9.59 Å². The molecule has 0 bridgehead atoms. The minimum absolute atomic E-state index is 0.0443. The first-order chi connectivity index (χ1) is 12.6. The van der Waals surface area contributed by atoms with Crippen molar-refractivity contribution in [2.45, 2.75) is 52.4 Å². The summed E-state index contributed by atoms with van der Waals surface area (Å²) in [6.45, 7) is 10.1. The third-order valence-corrected chi connectivity index (χ3v) is 4.27. The Morgan fingerprint density at radius 1 is 1.33 bits per heavy atom. The third-order valence-electron chi connectivity index (χ3n) is 4.27. The smallest absolute Gasteiger partial charge is 0.274 e. The average molecular weight is 377 g/mol. The van der Waals surface area contributed by atoms with E-state index in [0.29, 0.717) is 19.4 Å². The van der Waals surface area contributed by atoms with Crippen LogP contribution in [-0.4, -0.2) is 48.2 Å². The van der Waals surface area contributed by atoms with Gasteiger partial charge < -0.3 is 19.5 Å². The van der Waals surface area contributed by atoms with Crippen LogP contribution in [0.5, 0.6) is 0 Å². The van der Waals surface area contributed by atoms with Crippen molar-refractivity contribution in [1.29, 1.82) is 0 Å². The molecule has 0 radical (unpaired) electrons. The number of benzene rings is 1. The van der Waals surface area contributed by atoms with E-state index >= 15 is 4.39 Å². The molecule has 1 fully saturated rings. The number of ether oxygens (including phenoxy) is 1. The molecule has 2 heterocycles. The number of hydrogen-bond donors (Lipinski definition) is 1. The molecule has 146 valence electrons. The highest BCUT2D eigenvalue weighted by atomic mass is 19.1. The van der Waals surface area contributed by atoms with Crippen LogP contribution < -0.4 is 10.2 Å². The molecule has 0 spiro atoms. The molecule has 1 aliphatic heterocycles. The van der Waals surface area contributed by atoms with Crippen molar-refractivity contribution in [2.75, 3.05) is 18.0 Å². The highest BCUT2D eigenvalue weighted by molar-refractivity contribution is 6.07. The number of morpholine rings is 1. The lowest BCUT2D eigenvalue weighted by atomic mass is 10.0. The molecule has 27 heavy (non-hydrogen) atoms. The molecule has 1 N–H and O–H groups in total. The summed E-state index contributed by atoms with van der Waals surface area (Å²) in [5.74, 6) is -1.18. The van der Waals surface area contributed by atoms with E-state index in [4.69, 9.17) is 9.26 Å². The van der Waals surface area contributed by atoms with Gasteiger partial charge in [0.05, 0.1) is 23.3 Å². The van der Waals surface area contributed by atoms with Gasteiger partial charge in [0.1, 0.15) is 0 Å². The van der Waals surface area contributed by atoms with Crippen molar-refractivity contribution in [3.05, 3.63) is 23.1 Å². The van der Waals surface area contributed by atoms with E-state index < -0.39 is 17.3 Å². The SMILES string of the molecule is C[C@@H]1CN(c2c(C=O)cc3c(C(=O)NC(C)(C)C)noc3c2F)C[C@H](C)O1. The second kappa shape index (κ2) is 6.92. The van der Waals surface area contributed by atoms with Gasteiger partial charge in [0.25, 0.3) is 5.91 Å². The van der Waals surface area contributed by atoms with Crippen LogP contribution in [0.25, 0.3) is 11.0 Å². The first-order valence-corrected chi connectivity index (χ1v) is 8.90. The van der Waals surface area contributed by atoms with Gasteiger partial charge in [0, 0.05) is 24.2 Å². The molecule has 1 aromatic carbocycles. The van der Waals surface area contributed by atoms with Crippen molar-refractivity contribution in [1.82, 2.24) is 10.5 Å². The van der Waals surface area contributed by atoms with Gasteiger partial charge in [-0.15, -0.1) is 0 Å². The number of nitrogens with zero attached hydrogens (tertiary/aromatic N) is 2. The Hall–Kier alpha value is -2.48. The second-order valence-electron chi connectivity index (χ2n) is 8.02. The number of fused-ring (bicyclic) bond motifs is 1. The standard InChI is InChI=1S/C19H24FN3O4/c1-10-7-23(8-11(2)26-10)16-12(9-24)6-13-15(18(25)21-19(3,4)5)22-27-17(13)14(16)20/h6,9-11H,7-8H2,1-5H3,(H,21,25)/t10-,11+. The zero-order valence-corrected chi connectivity index (χ0v) is 16.1. The maximum Gasteiger partial charge on any atom is 0.274 e. The minimum atomic E-state index is -0.696. The molecule has 1 aromatic heterocycles. The summed E-state index contributed by atoms with van der Waals surface area (Å²) in [6.07, 6.45) is 0.374. The van der Waals surface area contributed by atoms with Gasteiger partial charge in [-0.2, -0.15) is 0 Å². The summed E-state index contributed by atoms with van der Waals surface area (Å²) in [5, 5.41) is 6.68. The van der Waals surface area contributed by atoms with Crippen LogP contribution in [0.4, 0.5) is 10.1 Å². The number of halogens is 1. The van der Waals surface area contributed by atoms with Gasteiger partial charge in [0.2, 0.25) is 5.58 Å². The number of carbonyl (C=O) groups excluding carboxylic acids is 2. The van der Waals surface area contributed by atoms with E-state index in [1.807, 2.05) is 34.6 Å². The number of nitrogens with one attached hydrogen (secondary N) is 1. The molecule has 1 saturated heterocycles. The summed E-state index contributed by atoms with van der Waals surface area (Å²) in [5.41, 5.74) is -0.375. The summed E-state index contributed by atoms with van der Waals surface area (Å²) in [4.78, 5) is 25.9. The highest BCUT2D eigenvalue weighted by Gasteiger charge is 2.30. The zero-order valence-electron chi connectivity index (χ0n) is 16.1. The van der Waals surface area contributed by atoms with Crippen LogP contribution >= 0.6 is 0 Å². The number of amides is 1. The Labute approximate surface area is 156 Å². The third kappa shape index (κ3) is 3.80. The molecular weight excluding hydrogens is 353 g/mol. The number of aromatic nitrogens is 1. The van der Waals surface area contributed by atoms with Crippen LogP contribution in [0.15, 0.2) is 10.6 Å². The van der Waals surface area contributed by atoms with Crippen LogP contribution in [0.1, 0.15) is 55.5 Å². The largest absolute Gasteiger partial charge is 0.372 e.